The zero-order valence-electron chi connectivity index (χ0n) is 29.0. The Kier molecular flexibility index (Phi) is 7.20. The first kappa shape index (κ1) is 31.7. The highest BCUT2D eigenvalue weighted by Crippen LogP contribution is 2.51. The van der Waals surface area contributed by atoms with E-state index in [1.54, 1.807) is 0 Å². The highest BCUT2D eigenvalue weighted by molar-refractivity contribution is 6.15. The van der Waals surface area contributed by atoms with E-state index in [1.807, 2.05) is 12.1 Å². The normalized spacial score (nSPS) is 15.0. The van der Waals surface area contributed by atoms with Gasteiger partial charge in [0, 0.05) is 35.0 Å². The van der Waals surface area contributed by atoms with Crippen molar-refractivity contribution < 1.29 is 54.9 Å². The Labute approximate surface area is 310 Å². The molecular formula is C42H33ClN2O8. The van der Waals surface area contributed by atoms with Crippen molar-refractivity contribution in [3.05, 3.63) is 84.6 Å². The molecule has 0 unspecified atom stereocenters. The van der Waals surface area contributed by atoms with Crippen molar-refractivity contribution in [1.29, 1.82) is 0 Å². The van der Waals surface area contributed by atoms with E-state index in [-0.39, 0.29) is 32.8 Å². The summed E-state index contributed by atoms with van der Waals surface area (Å²) >= 11 is 0. The van der Waals surface area contributed by atoms with Crippen LogP contribution < -0.4 is 59.8 Å². The fourth-order valence-corrected chi connectivity index (χ4v) is 8.29. The Balaban J connectivity index is 0.000000129. The fraction of sp³-hybridized carbons (Fsp3) is 0.214. The Morgan fingerprint density at radius 2 is 1.09 bits per heavy atom. The Morgan fingerprint density at radius 1 is 0.528 bits per heavy atom. The molecule has 53 heavy (non-hydrogen) atoms. The largest absolute Gasteiger partial charge is 1.00 e. The van der Waals surface area contributed by atoms with Crippen molar-refractivity contribution in [3.8, 4) is 57.1 Å². The van der Waals surface area contributed by atoms with Gasteiger partial charge in [-0.2, -0.15) is 4.57 Å². The summed E-state index contributed by atoms with van der Waals surface area (Å²) in [6.07, 6.45) is 2.16. The van der Waals surface area contributed by atoms with Crippen LogP contribution in [-0.4, -0.2) is 33.7 Å². The number of halogens is 1. The molecule has 0 atom stereocenters. The lowest BCUT2D eigenvalue weighted by molar-refractivity contribution is -0.665. The van der Waals surface area contributed by atoms with Gasteiger partial charge in [0.25, 0.3) is 0 Å². The molecule has 0 saturated carbocycles. The van der Waals surface area contributed by atoms with E-state index in [9.17, 15) is 0 Å². The predicted octanol–water partition coefficient (Wildman–Crippen LogP) is 5.22. The maximum Gasteiger partial charge on any atom is 0.231 e. The number of fused-ring (bicyclic) bond motifs is 16. The Hall–Kier alpha value is -6.00. The van der Waals surface area contributed by atoms with E-state index in [0.717, 1.165) is 92.6 Å². The average molecular weight is 729 g/mol. The minimum Gasteiger partial charge on any atom is -1.00 e. The summed E-state index contributed by atoms with van der Waals surface area (Å²) in [5, 5.41) is 8.08. The van der Waals surface area contributed by atoms with Gasteiger partial charge in [-0.25, -0.2) is 0 Å². The molecule has 0 spiro atoms. The zero-order chi connectivity index (χ0) is 34.5. The third-order valence-electron chi connectivity index (χ3n) is 10.7. The predicted molar refractivity (Wildman–Crippen MR) is 195 cm³/mol. The molecule has 0 N–H and O–H groups in total. The number of benzene rings is 6. The highest BCUT2D eigenvalue weighted by Gasteiger charge is 2.31. The van der Waals surface area contributed by atoms with Crippen LogP contribution in [0.5, 0.6) is 46.0 Å². The first-order chi connectivity index (χ1) is 25.7. The van der Waals surface area contributed by atoms with Crippen LogP contribution >= 0.6 is 0 Å². The van der Waals surface area contributed by atoms with Crippen LogP contribution in [0.15, 0.2) is 79.0 Å². The van der Waals surface area contributed by atoms with E-state index >= 15 is 0 Å². The van der Waals surface area contributed by atoms with Crippen molar-refractivity contribution in [2.45, 2.75) is 26.9 Å². The summed E-state index contributed by atoms with van der Waals surface area (Å²) in [4.78, 5) is 2.39. The van der Waals surface area contributed by atoms with Gasteiger partial charge in [0.2, 0.25) is 32.7 Å². The quantitative estimate of drug-likeness (QED) is 0.176. The summed E-state index contributed by atoms with van der Waals surface area (Å²) in [5.74, 6) is 6.62. The number of rotatable bonds is 2. The van der Waals surface area contributed by atoms with Gasteiger partial charge in [0.05, 0.1) is 21.8 Å². The first-order valence-corrected chi connectivity index (χ1v) is 17.6. The second-order valence-corrected chi connectivity index (χ2v) is 13.3. The average Bonchev–Trinajstić information content (AvgIpc) is 4.02. The maximum absolute atomic E-state index is 5.77. The van der Waals surface area contributed by atoms with Crippen molar-refractivity contribution in [1.82, 2.24) is 0 Å². The number of nitrogens with zero attached hydrogens (tertiary/aromatic N) is 2. The molecule has 5 aliphatic rings. The van der Waals surface area contributed by atoms with Gasteiger partial charge in [-0.3, -0.25) is 0 Å². The van der Waals surface area contributed by atoms with Crippen molar-refractivity contribution in [3.63, 3.8) is 0 Å². The van der Waals surface area contributed by atoms with Gasteiger partial charge in [-0.05, 0) is 84.8 Å². The third kappa shape index (κ3) is 4.68. The molecule has 1 aromatic heterocycles. The molecule has 0 aliphatic carbocycles. The topological polar surface area (TPSA) is 81.0 Å². The molecule has 12 rings (SSSR count). The van der Waals surface area contributed by atoms with Gasteiger partial charge < -0.3 is 55.2 Å². The van der Waals surface area contributed by atoms with Crippen LogP contribution in [0.25, 0.3) is 54.3 Å². The van der Waals surface area contributed by atoms with Crippen LogP contribution in [0.3, 0.4) is 0 Å². The summed E-state index contributed by atoms with van der Waals surface area (Å²) in [5.41, 5.74) is 6.07. The lowest BCUT2D eigenvalue weighted by atomic mass is 9.89. The van der Waals surface area contributed by atoms with Gasteiger partial charge >= 0.3 is 0 Å². The molecule has 0 amide bonds. The molecule has 6 aromatic carbocycles. The highest BCUT2D eigenvalue weighted by atomic mass is 35.5. The smallest absolute Gasteiger partial charge is 0.231 e. The number of ether oxygens (including phenoxy) is 8. The van der Waals surface area contributed by atoms with Crippen LogP contribution in [0.1, 0.15) is 19.4 Å². The molecule has 6 heterocycles. The number of hydrogen-bond acceptors (Lipinski definition) is 9. The number of aromatic nitrogens is 1. The van der Waals surface area contributed by atoms with Gasteiger partial charge in [0.1, 0.15) is 6.54 Å². The molecule has 5 aliphatic heterocycles. The van der Waals surface area contributed by atoms with E-state index in [2.05, 4.69) is 90.2 Å². The monoisotopic (exact) mass is 728 g/mol. The number of aryl methyl sites for hydroxylation is 1. The zero-order valence-corrected chi connectivity index (χ0v) is 29.7. The van der Waals surface area contributed by atoms with E-state index in [1.165, 1.54) is 38.7 Å². The number of hydrogen-bond donors (Lipinski definition) is 0. The Morgan fingerprint density at radius 3 is 1.83 bits per heavy atom. The SMILES string of the molecule is CCN1Cc2c(ccc3c2OCO3)-c2ccc3cc4c(cc3c21)OCO4.CC[n+]1cc2c3c(ccc2c2ccc4cc5c(cc4c21)OCO5)OCO3.[Cl-]. The second-order valence-electron chi connectivity index (χ2n) is 13.3. The number of pyridine rings is 1. The molecule has 11 heteroatoms. The molecule has 7 aromatic rings. The summed E-state index contributed by atoms with van der Waals surface area (Å²) < 4.78 is 47.2. The second kappa shape index (κ2) is 12.0. The van der Waals surface area contributed by atoms with Crippen molar-refractivity contribution in [2.24, 2.45) is 0 Å². The molecule has 0 fully saturated rings. The lowest BCUT2D eigenvalue weighted by Crippen LogP contribution is -3.00. The first-order valence-electron chi connectivity index (χ1n) is 17.6. The van der Waals surface area contributed by atoms with Gasteiger partial charge in [0.15, 0.2) is 52.2 Å². The fourth-order valence-electron chi connectivity index (χ4n) is 8.29. The molecule has 0 saturated heterocycles. The molecule has 0 radical (unpaired) electrons. The van der Waals surface area contributed by atoms with E-state index < -0.39 is 0 Å². The Bertz CT molecular complexity index is 2680. The summed E-state index contributed by atoms with van der Waals surface area (Å²) in [6, 6.07) is 25.3. The maximum atomic E-state index is 5.77. The molecule has 266 valence electrons. The van der Waals surface area contributed by atoms with Crippen LogP contribution in [0, 0.1) is 0 Å². The van der Waals surface area contributed by atoms with Gasteiger partial charge in [-0.15, -0.1) is 0 Å². The third-order valence-corrected chi connectivity index (χ3v) is 10.7. The molecular weight excluding hydrogens is 696 g/mol. The number of anilines is 1. The standard InChI is InChI=1S/C21H17NO4.C21H16NO4.ClH/c2*1-2-22-9-16-13(5-6-17-21(16)26-11-23-17)14-4-3-12-7-18-19(25-10-24-18)8-15(12)20(14)22;/h3-8H,2,9-11H2,1H3;3-9H,2,10-11H2,1H3;1H/q;+1;/p-1. The van der Waals surface area contributed by atoms with E-state index in [0.29, 0.717) is 6.79 Å². The van der Waals surface area contributed by atoms with Crippen molar-refractivity contribution in [2.75, 3.05) is 38.6 Å². The molecule has 0 bridgehead atoms. The summed E-state index contributed by atoms with van der Waals surface area (Å²) in [7, 11) is 0. The van der Waals surface area contributed by atoms with Crippen molar-refractivity contribution >= 4 is 48.9 Å². The molecule has 10 nitrogen and oxygen atoms in total. The minimum atomic E-state index is 0. The van der Waals surface area contributed by atoms with Crippen LogP contribution in [-0.2, 0) is 13.1 Å². The van der Waals surface area contributed by atoms with E-state index in [4.69, 9.17) is 37.9 Å². The van der Waals surface area contributed by atoms with Gasteiger partial charge in [-0.1, -0.05) is 18.2 Å². The summed E-state index contributed by atoms with van der Waals surface area (Å²) in [6.45, 7) is 8.04. The van der Waals surface area contributed by atoms with Crippen LogP contribution in [0.4, 0.5) is 5.69 Å². The lowest BCUT2D eigenvalue weighted by Gasteiger charge is -2.33. The van der Waals surface area contributed by atoms with Crippen LogP contribution in [0.2, 0.25) is 0 Å². The minimum absolute atomic E-state index is 0.